The zero-order valence-corrected chi connectivity index (χ0v) is 13.3. The molecule has 1 N–H and O–H groups in total. The van der Waals surface area contributed by atoms with E-state index >= 15 is 0 Å². The van der Waals surface area contributed by atoms with Gasteiger partial charge in [0, 0.05) is 17.9 Å². The van der Waals surface area contributed by atoms with Crippen molar-refractivity contribution in [2.24, 2.45) is 11.8 Å². The second-order valence-corrected chi connectivity index (χ2v) is 6.55. The number of nitrogens with zero attached hydrogens (tertiary/aromatic N) is 2. The van der Waals surface area contributed by atoms with Crippen LogP contribution in [0, 0.1) is 11.8 Å². The summed E-state index contributed by atoms with van der Waals surface area (Å²) in [5.41, 5.74) is 1.23. The Kier molecular flexibility index (Phi) is 5.13. The average molecular weight is 296 g/mol. The molecule has 0 spiro atoms. The fourth-order valence-corrected chi connectivity index (χ4v) is 4.16. The Labute approximate surface area is 125 Å². The molecule has 2 rings (SSSR count). The molecule has 1 aliphatic rings. The molecule has 1 saturated carbocycles. The van der Waals surface area contributed by atoms with Crippen molar-refractivity contribution in [1.29, 1.82) is 0 Å². The van der Waals surface area contributed by atoms with E-state index in [2.05, 4.69) is 30.3 Å². The number of imidazole rings is 1. The van der Waals surface area contributed by atoms with E-state index in [-0.39, 0.29) is 5.75 Å². The van der Waals surface area contributed by atoms with Gasteiger partial charge in [-0.1, -0.05) is 39.0 Å². The molecule has 1 aromatic heterocycles. The van der Waals surface area contributed by atoms with E-state index in [0.717, 1.165) is 17.5 Å². The second kappa shape index (κ2) is 6.66. The van der Waals surface area contributed by atoms with Crippen LogP contribution in [0.15, 0.2) is 11.4 Å². The van der Waals surface area contributed by atoms with Crippen LogP contribution >= 0.6 is 11.8 Å². The predicted octanol–water partition coefficient (Wildman–Crippen LogP) is 3.62. The van der Waals surface area contributed by atoms with E-state index in [1.165, 1.54) is 36.7 Å². The first-order chi connectivity index (χ1) is 9.58. The molecule has 1 heterocycles. The van der Waals surface area contributed by atoms with Crippen LogP contribution in [0.25, 0.3) is 0 Å². The largest absolute Gasteiger partial charge is 0.481 e. The maximum absolute atomic E-state index is 10.8. The van der Waals surface area contributed by atoms with Crippen LogP contribution in [0.4, 0.5) is 0 Å². The molecule has 3 atom stereocenters. The maximum atomic E-state index is 10.8. The van der Waals surface area contributed by atoms with Crippen LogP contribution in [-0.2, 0) is 11.2 Å². The van der Waals surface area contributed by atoms with Gasteiger partial charge in [-0.25, -0.2) is 4.98 Å². The van der Waals surface area contributed by atoms with E-state index in [1.54, 1.807) is 0 Å². The van der Waals surface area contributed by atoms with Gasteiger partial charge >= 0.3 is 5.97 Å². The zero-order valence-electron chi connectivity index (χ0n) is 12.5. The highest BCUT2D eigenvalue weighted by atomic mass is 32.2. The lowest BCUT2D eigenvalue weighted by atomic mass is 9.93. The highest BCUT2D eigenvalue weighted by Crippen LogP contribution is 2.43. The number of hydrogen-bond donors (Lipinski definition) is 1. The number of carbonyl (C=O) groups is 1. The fraction of sp³-hybridized carbons (Fsp3) is 0.733. The fourth-order valence-electron chi connectivity index (χ4n) is 3.39. The normalized spacial score (nSPS) is 26.1. The molecule has 4 nitrogen and oxygen atoms in total. The summed E-state index contributed by atoms with van der Waals surface area (Å²) in [4.78, 5) is 15.2. The molecule has 1 fully saturated rings. The molecular weight excluding hydrogens is 272 g/mol. The Hall–Kier alpha value is -0.970. The van der Waals surface area contributed by atoms with E-state index in [9.17, 15) is 4.79 Å². The van der Waals surface area contributed by atoms with Crippen molar-refractivity contribution in [3.8, 4) is 0 Å². The number of thioether (sulfide) groups is 1. The monoisotopic (exact) mass is 296 g/mol. The number of aryl methyl sites for hydroxylation is 1. The number of aromatic nitrogens is 2. The van der Waals surface area contributed by atoms with Gasteiger partial charge in [-0.2, -0.15) is 0 Å². The van der Waals surface area contributed by atoms with E-state index in [1.807, 2.05) is 6.20 Å². The first kappa shape index (κ1) is 15.4. The number of carboxylic acid groups (broad SMARTS) is 1. The molecular formula is C15H24N2O2S. The Morgan fingerprint density at radius 3 is 2.80 bits per heavy atom. The Morgan fingerprint density at radius 2 is 2.25 bits per heavy atom. The molecule has 112 valence electrons. The van der Waals surface area contributed by atoms with Gasteiger partial charge in [-0.3, -0.25) is 4.79 Å². The van der Waals surface area contributed by atoms with Crippen molar-refractivity contribution < 1.29 is 9.90 Å². The molecule has 0 amide bonds. The van der Waals surface area contributed by atoms with Gasteiger partial charge in [0.25, 0.3) is 0 Å². The molecule has 0 aliphatic heterocycles. The van der Waals surface area contributed by atoms with Crippen molar-refractivity contribution >= 4 is 17.7 Å². The van der Waals surface area contributed by atoms with Gasteiger partial charge in [0.2, 0.25) is 0 Å². The van der Waals surface area contributed by atoms with Gasteiger partial charge in [0.1, 0.15) is 0 Å². The first-order valence-corrected chi connectivity index (χ1v) is 8.47. The summed E-state index contributed by atoms with van der Waals surface area (Å²) in [6.07, 6.45) is 6.54. The third-order valence-electron chi connectivity index (χ3n) is 4.57. The van der Waals surface area contributed by atoms with Gasteiger partial charge in [0.15, 0.2) is 5.16 Å². The minimum Gasteiger partial charge on any atom is -0.481 e. The molecule has 3 unspecified atom stereocenters. The average Bonchev–Trinajstić information content (AvgIpc) is 2.98. The number of hydrogen-bond acceptors (Lipinski definition) is 3. The molecule has 0 bridgehead atoms. The van der Waals surface area contributed by atoms with Crippen molar-refractivity contribution in [3.63, 3.8) is 0 Å². The molecule has 1 aromatic rings. The van der Waals surface area contributed by atoms with Crippen LogP contribution in [0.2, 0.25) is 0 Å². The second-order valence-electron chi connectivity index (χ2n) is 5.61. The summed E-state index contributed by atoms with van der Waals surface area (Å²) in [6, 6.07) is 0.480. The summed E-state index contributed by atoms with van der Waals surface area (Å²) < 4.78 is 2.31. The van der Waals surface area contributed by atoms with Gasteiger partial charge < -0.3 is 9.67 Å². The lowest BCUT2D eigenvalue weighted by molar-refractivity contribution is -0.133. The van der Waals surface area contributed by atoms with E-state index in [4.69, 9.17) is 5.11 Å². The molecule has 0 saturated heterocycles. The molecule has 20 heavy (non-hydrogen) atoms. The Morgan fingerprint density at radius 1 is 1.50 bits per heavy atom. The summed E-state index contributed by atoms with van der Waals surface area (Å²) >= 11 is 1.34. The predicted molar refractivity (Wildman–Crippen MR) is 81.2 cm³/mol. The quantitative estimate of drug-likeness (QED) is 0.815. The van der Waals surface area contributed by atoms with Gasteiger partial charge in [0.05, 0.1) is 5.75 Å². The number of rotatable bonds is 6. The van der Waals surface area contributed by atoms with Crippen molar-refractivity contribution in [1.82, 2.24) is 9.55 Å². The molecule has 0 radical (unpaired) electrons. The summed E-state index contributed by atoms with van der Waals surface area (Å²) in [5.74, 6) is 0.722. The topological polar surface area (TPSA) is 55.1 Å². The molecule has 0 aromatic carbocycles. The summed E-state index contributed by atoms with van der Waals surface area (Å²) in [7, 11) is 0. The lowest BCUT2D eigenvalue weighted by Gasteiger charge is -2.24. The number of aliphatic carboxylic acids is 1. The van der Waals surface area contributed by atoms with Crippen LogP contribution in [0.1, 0.15) is 51.8 Å². The highest BCUT2D eigenvalue weighted by molar-refractivity contribution is 7.99. The van der Waals surface area contributed by atoms with Gasteiger partial charge in [-0.15, -0.1) is 0 Å². The van der Waals surface area contributed by atoms with Crippen LogP contribution in [0.5, 0.6) is 0 Å². The first-order valence-electron chi connectivity index (χ1n) is 7.49. The van der Waals surface area contributed by atoms with E-state index < -0.39 is 5.97 Å². The molecule has 1 aliphatic carbocycles. The SMILES string of the molecule is CCc1cnc(SCC(=O)O)n1C1CCC(CC)C1C. The smallest absolute Gasteiger partial charge is 0.313 e. The van der Waals surface area contributed by atoms with Crippen LogP contribution in [0.3, 0.4) is 0 Å². The van der Waals surface area contributed by atoms with E-state index in [0.29, 0.717) is 12.0 Å². The highest BCUT2D eigenvalue weighted by Gasteiger charge is 2.34. The van der Waals surface area contributed by atoms with Gasteiger partial charge in [-0.05, 0) is 31.1 Å². The standard InChI is InChI=1S/C15H24N2O2S/c1-4-11-6-7-13(10(11)3)17-12(5-2)8-16-15(17)20-9-14(18)19/h8,10-11,13H,4-7,9H2,1-3H3,(H,18,19). The van der Waals surface area contributed by atoms with Crippen molar-refractivity contribution in [3.05, 3.63) is 11.9 Å². The third kappa shape index (κ3) is 3.03. The Bertz CT molecular complexity index is 472. The van der Waals surface area contributed by atoms with Crippen molar-refractivity contribution in [2.45, 2.75) is 57.7 Å². The third-order valence-corrected chi connectivity index (χ3v) is 5.52. The molecule has 5 heteroatoms. The number of carboxylic acids is 1. The minimum atomic E-state index is -0.784. The summed E-state index contributed by atoms with van der Waals surface area (Å²) in [5, 5.41) is 9.74. The van der Waals surface area contributed by atoms with Crippen LogP contribution < -0.4 is 0 Å². The van der Waals surface area contributed by atoms with Crippen LogP contribution in [-0.4, -0.2) is 26.4 Å². The maximum Gasteiger partial charge on any atom is 0.313 e. The Balaban J connectivity index is 2.24. The minimum absolute atomic E-state index is 0.0818. The lowest BCUT2D eigenvalue weighted by Crippen LogP contribution is -2.18. The summed E-state index contributed by atoms with van der Waals surface area (Å²) in [6.45, 7) is 6.73. The van der Waals surface area contributed by atoms with Crippen molar-refractivity contribution in [2.75, 3.05) is 5.75 Å². The zero-order chi connectivity index (χ0) is 14.7.